The number of carbonyl (C=O) groups excluding carboxylic acids is 1. The summed E-state index contributed by atoms with van der Waals surface area (Å²) in [5, 5.41) is 3.18. The van der Waals surface area contributed by atoms with Crippen molar-refractivity contribution in [3.05, 3.63) is 29.8 Å². The fourth-order valence-corrected chi connectivity index (χ4v) is 3.34. The van der Waals surface area contributed by atoms with Crippen molar-refractivity contribution in [3.8, 4) is 5.75 Å². The van der Waals surface area contributed by atoms with Crippen LogP contribution in [0.25, 0.3) is 0 Å². The van der Waals surface area contributed by atoms with Gasteiger partial charge in [-0.25, -0.2) is 0 Å². The Bertz CT molecular complexity index is 477. The molecule has 1 aliphatic heterocycles. The van der Waals surface area contributed by atoms with E-state index in [1.165, 1.54) is 18.4 Å². The summed E-state index contributed by atoms with van der Waals surface area (Å²) in [6, 6.07) is 8.49. The van der Waals surface area contributed by atoms with Crippen LogP contribution in [-0.2, 0) is 4.79 Å². The minimum atomic E-state index is 0.130. The van der Waals surface area contributed by atoms with Gasteiger partial charge in [0.2, 0.25) is 5.91 Å². The zero-order chi connectivity index (χ0) is 16.7. The molecule has 0 aliphatic carbocycles. The smallest absolute Gasteiger partial charge is 0.223 e. The number of carbonyl (C=O) groups is 1. The molecule has 1 atom stereocenters. The summed E-state index contributed by atoms with van der Waals surface area (Å²) < 4.78 is 5.25. The molecule has 0 radical (unpaired) electrons. The van der Waals surface area contributed by atoms with Crippen LogP contribution in [0.15, 0.2) is 24.3 Å². The van der Waals surface area contributed by atoms with Crippen molar-refractivity contribution < 1.29 is 9.53 Å². The lowest BCUT2D eigenvalue weighted by Gasteiger charge is -2.29. The van der Waals surface area contributed by atoms with Crippen LogP contribution in [0.3, 0.4) is 0 Å². The van der Waals surface area contributed by atoms with E-state index in [1.807, 2.05) is 12.1 Å². The molecule has 1 aromatic rings. The van der Waals surface area contributed by atoms with E-state index in [0.29, 0.717) is 6.54 Å². The van der Waals surface area contributed by atoms with E-state index in [-0.39, 0.29) is 17.9 Å². The summed E-state index contributed by atoms with van der Waals surface area (Å²) in [6.07, 6.45) is 4.29. The summed E-state index contributed by atoms with van der Waals surface area (Å²) in [6.45, 7) is 7.06. The van der Waals surface area contributed by atoms with Crippen LogP contribution in [0, 0.1) is 5.92 Å². The number of likely N-dealkylation sites (tertiary alicyclic amines) is 1. The van der Waals surface area contributed by atoms with Crippen molar-refractivity contribution in [2.45, 2.75) is 45.6 Å². The fourth-order valence-electron chi connectivity index (χ4n) is 3.34. The summed E-state index contributed by atoms with van der Waals surface area (Å²) in [5.74, 6) is 1.19. The second-order valence-corrected chi connectivity index (χ2v) is 6.29. The van der Waals surface area contributed by atoms with Gasteiger partial charge in [0.15, 0.2) is 0 Å². The molecule has 0 bridgehead atoms. The lowest BCUT2D eigenvalue weighted by Crippen LogP contribution is -2.39. The zero-order valence-electron chi connectivity index (χ0n) is 14.7. The number of methoxy groups -OCH3 is 1. The third-order valence-corrected chi connectivity index (χ3v) is 4.91. The van der Waals surface area contributed by atoms with Crippen molar-refractivity contribution in [2.24, 2.45) is 5.92 Å². The second-order valence-electron chi connectivity index (χ2n) is 6.29. The first-order chi connectivity index (χ1) is 11.2. The van der Waals surface area contributed by atoms with Crippen LogP contribution in [0.2, 0.25) is 0 Å². The molecule has 1 fully saturated rings. The van der Waals surface area contributed by atoms with Crippen molar-refractivity contribution >= 4 is 5.91 Å². The van der Waals surface area contributed by atoms with Crippen LogP contribution >= 0.6 is 0 Å². The molecule has 4 heteroatoms. The average molecular weight is 318 g/mol. The molecular weight excluding hydrogens is 288 g/mol. The highest BCUT2D eigenvalue weighted by Crippen LogP contribution is 2.26. The van der Waals surface area contributed by atoms with Gasteiger partial charge in [-0.1, -0.05) is 26.0 Å². The van der Waals surface area contributed by atoms with Gasteiger partial charge in [-0.3, -0.25) is 9.69 Å². The maximum absolute atomic E-state index is 12.3. The molecule has 0 aromatic heterocycles. The molecular formula is C19H30N2O2. The van der Waals surface area contributed by atoms with E-state index in [0.717, 1.165) is 31.7 Å². The quantitative estimate of drug-likeness (QED) is 0.799. The molecule has 0 saturated carbocycles. The maximum atomic E-state index is 12.3. The third-order valence-electron chi connectivity index (χ3n) is 4.91. The number of rotatable bonds is 8. The van der Waals surface area contributed by atoms with Gasteiger partial charge in [-0.15, -0.1) is 0 Å². The molecule has 1 N–H and O–H groups in total. The number of benzene rings is 1. The number of ether oxygens (including phenoxy) is 1. The Morgan fingerprint density at radius 3 is 2.30 bits per heavy atom. The van der Waals surface area contributed by atoms with Gasteiger partial charge in [0.1, 0.15) is 5.75 Å². The number of amides is 1. The van der Waals surface area contributed by atoms with E-state index >= 15 is 0 Å². The number of nitrogens with zero attached hydrogens (tertiary/aromatic N) is 1. The van der Waals surface area contributed by atoms with E-state index in [9.17, 15) is 4.79 Å². The average Bonchev–Trinajstić information content (AvgIpc) is 3.11. The number of hydrogen-bond donors (Lipinski definition) is 1. The molecule has 1 amide bonds. The molecule has 1 aromatic carbocycles. The van der Waals surface area contributed by atoms with Crippen molar-refractivity contribution in [1.82, 2.24) is 10.2 Å². The van der Waals surface area contributed by atoms with E-state index in [4.69, 9.17) is 4.74 Å². The molecule has 1 saturated heterocycles. The SMILES string of the molecule is CCC(CC)C(=O)NC[C@H](c1ccc(OC)cc1)N1CCCC1. The zero-order valence-corrected chi connectivity index (χ0v) is 14.7. The van der Waals surface area contributed by atoms with Crippen LogP contribution < -0.4 is 10.1 Å². The third kappa shape index (κ3) is 4.71. The van der Waals surface area contributed by atoms with Crippen LogP contribution in [0.5, 0.6) is 5.75 Å². The van der Waals surface area contributed by atoms with Gasteiger partial charge in [0.05, 0.1) is 13.2 Å². The lowest BCUT2D eigenvalue weighted by molar-refractivity contribution is -0.125. The highest BCUT2D eigenvalue weighted by molar-refractivity contribution is 5.78. The Morgan fingerprint density at radius 1 is 1.17 bits per heavy atom. The molecule has 1 aliphatic rings. The maximum Gasteiger partial charge on any atom is 0.223 e. The Hall–Kier alpha value is -1.55. The Morgan fingerprint density at radius 2 is 1.78 bits per heavy atom. The van der Waals surface area contributed by atoms with Gasteiger partial charge in [-0.2, -0.15) is 0 Å². The Kier molecular flexibility index (Phi) is 6.90. The van der Waals surface area contributed by atoms with Crippen molar-refractivity contribution in [2.75, 3.05) is 26.7 Å². The molecule has 128 valence electrons. The van der Waals surface area contributed by atoms with E-state index in [2.05, 4.69) is 36.2 Å². The highest BCUT2D eigenvalue weighted by atomic mass is 16.5. The molecule has 0 spiro atoms. The Balaban J connectivity index is 2.06. The summed E-state index contributed by atoms with van der Waals surface area (Å²) in [5.41, 5.74) is 1.25. The predicted octanol–water partition coefficient (Wildman–Crippen LogP) is 3.38. The first kappa shape index (κ1) is 17.8. The van der Waals surface area contributed by atoms with E-state index < -0.39 is 0 Å². The second kappa shape index (κ2) is 8.92. The standard InChI is InChI=1S/C19H30N2O2/c1-4-15(5-2)19(22)20-14-18(21-12-6-7-13-21)16-8-10-17(23-3)11-9-16/h8-11,15,18H,4-7,12-14H2,1-3H3,(H,20,22)/t18-/m1/s1. The largest absolute Gasteiger partial charge is 0.497 e. The number of nitrogens with one attached hydrogen (secondary N) is 1. The lowest BCUT2D eigenvalue weighted by atomic mass is 10.0. The van der Waals surface area contributed by atoms with Gasteiger partial charge in [-0.05, 0) is 56.5 Å². The predicted molar refractivity (Wildman–Crippen MR) is 93.6 cm³/mol. The molecule has 1 heterocycles. The van der Waals surface area contributed by atoms with Gasteiger partial charge in [0, 0.05) is 12.5 Å². The monoisotopic (exact) mass is 318 g/mol. The van der Waals surface area contributed by atoms with Crippen LogP contribution in [0.4, 0.5) is 0 Å². The normalized spacial score (nSPS) is 16.5. The van der Waals surface area contributed by atoms with Crippen LogP contribution in [-0.4, -0.2) is 37.6 Å². The minimum Gasteiger partial charge on any atom is -0.497 e. The molecule has 4 nitrogen and oxygen atoms in total. The summed E-state index contributed by atoms with van der Waals surface area (Å²) in [4.78, 5) is 14.8. The molecule has 0 unspecified atom stereocenters. The first-order valence-corrected chi connectivity index (χ1v) is 8.85. The number of hydrogen-bond acceptors (Lipinski definition) is 3. The van der Waals surface area contributed by atoms with Gasteiger partial charge >= 0.3 is 0 Å². The Labute approximate surface area is 140 Å². The first-order valence-electron chi connectivity index (χ1n) is 8.85. The van der Waals surface area contributed by atoms with Crippen LogP contribution in [0.1, 0.15) is 51.1 Å². The summed E-state index contributed by atoms with van der Waals surface area (Å²) in [7, 11) is 1.68. The molecule has 23 heavy (non-hydrogen) atoms. The van der Waals surface area contributed by atoms with E-state index in [1.54, 1.807) is 7.11 Å². The summed E-state index contributed by atoms with van der Waals surface area (Å²) >= 11 is 0. The van der Waals surface area contributed by atoms with Gasteiger partial charge in [0.25, 0.3) is 0 Å². The van der Waals surface area contributed by atoms with Crippen molar-refractivity contribution in [3.63, 3.8) is 0 Å². The topological polar surface area (TPSA) is 41.6 Å². The molecule has 2 rings (SSSR count). The highest BCUT2D eigenvalue weighted by Gasteiger charge is 2.25. The van der Waals surface area contributed by atoms with Gasteiger partial charge < -0.3 is 10.1 Å². The van der Waals surface area contributed by atoms with Crippen molar-refractivity contribution in [1.29, 1.82) is 0 Å². The fraction of sp³-hybridized carbons (Fsp3) is 0.632. The minimum absolute atomic E-state index is 0.130.